The molecular weight excluding hydrogens is 158 g/mol. The van der Waals surface area contributed by atoms with Crippen molar-refractivity contribution in [3.05, 3.63) is 24.0 Å². The summed E-state index contributed by atoms with van der Waals surface area (Å²) < 4.78 is 4.89. The molecule has 3 N–H and O–H groups in total. The molecule has 0 aliphatic rings. The van der Waals surface area contributed by atoms with Crippen molar-refractivity contribution in [3.63, 3.8) is 0 Å². The molecule has 0 aliphatic carbocycles. The Morgan fingerprint density at radius 3 is 3.00 bits per heavy atom. The summed E-state index contributed by atoms with van der Waals surface area (Å²) in [5.41, 5.74) is 5.85. The van der Waals surface area contributed by atoms with Gasteiger partial charge in [0, 0.05) is 11.8 Å². The van der Waals surface area contributed by atoms with Crippen molar-refractivity contribution in [3.8, 4) is 5.75 Å². The molecule has 5 heteroatoms. The highest BCUT2D eigenvalue weighted by Gasteiger charge is 2.00. The Morgan fingerprint density at radius 2 is 2.42 bits per heavy atom. The predicted molar refractivity (Wildman–Crippen MR) is 43.3 cm³/mol. The second kappa shape index (κ2) is 3.56. The van der Waals surface area contributed by atoms with Crippen LogP contribution in [0.4, 0.5) is 0 Å². The van der Waals surface area contributed by atoms with Crippen LogP contribution in [0.15, 0.2) is 23.6 Å². The first-order chi connectivity index (χ1) is 5.77. The summed E-state index contributed by atoms with van der Waals surface area (Å²) in [6, 6.07) is 1.63. The number of pyridine rings is 1. The molecule has 0 atom stereocenters. The second-order valence-electron chi connectivity index (χ2n) is 2.10. The maximum atomic E-state index is 8.35. The molecular formula is C7H9N3O2. The van der Waals surface area contributed by atoms with Gasteiger partial charge in [-0.2, -0.15) is 0 Å². The molecule has 1 heterocycles. The zero-order valence-corrected chi connectivity index (χ0v) is 6.56. The van der Waals surface area contributed by atoms with Gasteiger partial charge in [0.15, 0.2) is 5.84 Å². The van der Waals surface area contributed by atoms with E-state index in [2.05, 4.69) is 10.1 Å². The maximum absolute atomic E-state index is 8.35. The van der Waals surface area contributed by atoms with E-state index >= 15 is 0 Å². The Bertz CT molecular complexity index is 298. The van der Waals surface area contributed by atoms with Crippen LogP contribution in [0.1, 0.15) is 5.56 Å². The molecule has 0 fully saturated rings. The minimum absolute atomic E-state index is 0.0152. The van der Waals surface area contributed by atoms with Crippen molar-refractivity contribution in [2.24, 2.45) is 10.9 Å². The minimum atomic E-state index is 0.0152. The average Bonchev–Trinajstić information content (AvgIpc) is 2.17. The van der Waals surface area contributed by atoms with Crippen LogP contribution in [0.5, 0.6) is 5.75 Å². The number of nitrogens with zero attached hydrogens (tertiary/aromatic N) is 2. The van der Waals surface area contributed by atoms with Crippen LogP contribution < -0.4 is 10.5 Å². The maximum Gasteiger partial charge on any atom is 0.171 e. The van der Waals surface area contributed by atoms with E-state index < -0.39 is 0 Å². The quantitative estimate of drug-likeness (QED) is 0.285. The molecule has 0 saturated carbocycles. The van der Waals surface area contributed by atoms with Crippen LogP contribution in [0.2, 0.25) is 0 Å². The molecule has 12 heavy (non-hydrogen) atoms. The lowest BCUT2D eigenvalue weighted by Crippen LogP contribution is -2.13. The number of rotatable bonds is 2. The third-order valence-corrected chi connectivity index (χ3v) is 1.35. The number of hydrogen-bond acceptors (Lipinski definition) is 4. The number of nitrogens with two attached hydrogens (primary N) is 1. The zero-order chi connectivity index (χ0) is 8.97. The van der Waals surface area contributed by atoms with Crippen molar-refractivity contribution < 1.29 is 9.94 Å². The Balaban J connectivity index is 3.02. The molecule has 0 radical (unpaired) electrons. The monoisotopic (exact) mass is 167 g/mol. The average molecular weight is 167 g/mol. The van der Waals surface area contributed by atoms with Crippen molar-refractivity contribution in [1.82, 2.24) is 4.98 Å². The SMILES string of the molecule is COc1cncc(/C(N)=N/O)c1. The Hall–Kier alpha value is -1.78. The molecule has 1 aromatic rings. The Morgan fingerprint density at radius 1 is 1.67 bits per heavy atom. The minimum Gasteiger partial charge on any atom is -0.495 e. The first kappa shape index (κ1) is 8.32. The number of oxime groups is 1. The summed E-state index contributed by atoms with van der Waals surface area (Å²) in [7, 11) is 1.52. The van der Waals surface area contributed by atoms with Gasteiger partial charge in [-0.05, 0) is 6.07 Å². The molecule has 0 spiro atoms. The summed E-state index contributed by atoms with van der Waals surface area (Å²) >= 11 is 0. The Kier molecular flexibility index (Phi) is 2.47. The van der Waals surface area contributed by atoms with E-state index in [1.807, 2.05) is 0 Å². The van der Waals surface area contributed by atoms with E-state index in [0.29, 0.717) is 11.3 Å². The molecule has 1 aromatic heterocycles. The van der Waals surface area contributed by atoms with Crippen molar-refractivity contribution in [1.29, 1.82) is 0 Å². The van der Waals surface area contributed by atoms with Crippen LogP contribution in [0, 0.1) is 0 Å². The summed E-state index contributed by atoms with van der Waals surface area (Å²) in [6.07, 6.45) is 3.02. The molecule has 0 unspecified atom stereocenters. The van der Waals surface area contributed by atoms with Gasteiger partial charge in [0.25, 0.3) is 0 Å². The lowest BCUT2D eigenvalue weighted by Gasteiger charge is -2.00. The number of amidine groups is 1. The molecule has 1 rings (SSSR count). The van der Waals surface area contributed by atoms with Gasteiger partial charge in [0.2, 0.25) is 0 Å². The van der Waals surface area contributed by atoms with Crippen LogP contribution in [0.25, 0.3) is 0 Å². The number of methoxy groups -OCH3 is 1. The number of aromatic nitrogens is 1. The van der Waals surface area contributed by atoms with E-state index in [1.165, 1.54) is 19.5 Å². The molecule has 0 aliphatic heterocycles. The van der Waals surface area contributed by atoms with Crippen LogP contribution in [-0.4, -0.2) is 23.1 Å². The summed E-state index contributed by atoms with van der Waals surface area (Å²) in [5, 5.41) is 11.2. The molecule has 0 saturated heterocycles. The second-order valence-corrected chi connectivity index (χ2v) is 2.10. The van der Waals surface area contributed by atoms with Gasteiger partial charge in [-0.3, -0.25) is 4.98 Å². The topological polar surface area (TPSA) is 80.7 Å². The fourth-order valence-electron chi connectivity index (χ4n) is 0.728. The van der Waals surface area contributed by atoms with Crippen molar-refractivity contribution in [2.75, 3.05) is 7.11 Å². The first-order valence-corrected chi connectivity index (χ1v) is 3.25. The van der Waals surface area contributed by atoms with Crippen LogP contribution in [0.3, 0.4) is 0 Å². The summed E-state index contributed by atoms with van der Waals surface area (Å²) in [5.74, 6) is 0.584. The van der Waals surface area contributed by atoms with E-state index in [0.717, 1.165) is 0 Å². The molecule has 0 bridgehead atoms. The standard InChI is InChI=1S/C7H9N3O2/c1-12-6-2-5(3-9-4-6)7(8)10-11/h2-4,11H,1H3,(H2,8,10). The van der Waals surface area contributed by atoms with Gasteiger partial charge < -0.3 is 15.7 Å². The number of hydrogen-bond donors (Lipinski definition) is 2. The third kappa shape index (κ3) is 1.63. The van der Waals surface area contributed by atoms with E-state index in [1.54, 1.807) is 6.07 Å². The van der Waals surface area contributed by atoms with Gasteiger partial charge in [-0.1, -0.05) is 5.16 Å². The van der Waals surface area contributed by atoms with Crippen LogP contribution in [-0.2, 0) is 0 Å². The zero-order valence-electron chi connectivity index (χ0n) is 6.56. The van der Waals surface area contributed by atoms with Gasteiger partial charge in [0.1, 0.15) is 5.75 Å². The normalized spacial score (nSPS) is 11.2. The molecule has 0 aromatic carbocycles. The smallest absolute Gasteiger partial charge is 0.171 e. The van der Waals surface area contributed by atoms with Gasteiger partial charge >= 0.3 is 0 Å². The number of ether oxygens (including phenoxy) is 1. The largest absolute Gasteiger partial charge is 0.495 e. The highest BCUT2D eigenvalue weighted by atomic mass is 16.5. The third-order valence-electron chi connectivity index (χ3n) is 1.35. The lowest BCUT2D eigenvalue weighted by atomic mass is 10.2. The van der Waals surface area contributed by atoms with E-state index in [4.69, 9.17) is 15.7 Å². The van der Waals surface area contributed by atoms with Gasteiger partial charge in [0.05, 0.1) is 13.3 Å². The van der Waals surface area contributed by atoms with Gasteiger partial charge in [-0.15, -0.1) is 0 Å². The van der Waals surface area contributed by atoms with Crippen LogP contribution >= 0.6 is 0 Å². The molecule has 0 amide bonds. The summed E-state index contributed by atoms with van der Waals surface area (Å²) in [4.78, 5) is 3.83. The lowest BCUT2D eigenvalue weighted by molar-refractivity contribution is 0.318. The molecule has 64 valence electrons. The van der Waals surface area contributed by atoms with E-state index in [9.17, 15) is 0 Å². The Labute approximate surface area is 69.5 Å². The van der Waals surface area contributed by atoms with Crippen molar-refractivity contribution >= 4 is 5.84 Å². The van der Waals surface area contributed by atoms with E-state index in [-0.39, 0.29) is 5.84 Å². The molecule has 5 nitrogen and oxygen atoms in total. The van der Waals surface area contributed by atoms with Gasteiger partial charge in [-0.25, -0.2) is 0 Å². The highest BCUT2D eigenvalue weighted by molar-refractivity contribution is 5.96. The first-order valence-electron chi connectivity index (χ1n) is 3.25. The van der Waals surface area contributed by atoms with Crippen molar-refractivity contribution in [2.45, 2.75) is 0 Å². The summed E-state index contributed by atoms with van der Waals surface area (Å²) in [6.45, 7) is 0. The highest BCUT2D eigenvalue weighted by Crippen LogP contribution is 2.09. The fourth-order valence-corrected chi connectivity index (χ4v) is 0.728. The fraction of sp³-hybridized carbons (Fsp3) is 0.143. The predicted octanol–water partition coefficient (Wildman–Crippen LogP) is 0.185.